The molecule has 1 aliphatic heterocycles. The van der Waals surface area contributed by atoms with Gasteiger partial charge in [-0.3, -0.25) is 9.59 Å². The maximum Gasteiger partial charge on any atom is 0.256 e. The molecule has 4 N–H and O–H groups in total. The Morgan fingerprint density at radius 3 is 2.53 bits per heavy atom. The Morgan fingerprint density at radius 2 is 1.78 bits per heavy atom. The lowest BCUT2D eigenvalue weighted by molar-refractivity contribution is 0.0998. The Morgan fingerprint density at radius 1 is 1.00 bits per heavy atom. The van der Waals surface area contributed by atoms with E-state index < -0.39 is 5.91 Å². The highest BCUT2D eigenvalue weighted by Crippen LogP contribution is 2.34. The summed E-state index contributed by atoms with van der Waals surface area (Å²) >= 11 is 0. The third-order valence-electron chi connectivity index (χ3n) is 5.39. The molecule has 0 fully saturated rings. The quantitative estimate of drug-likeness (QED) is 0.463. The number of primary amides is 1. The highest BCUT2D eigenvalue weighted by Gasteiger charge is 2.26. The summed E-state index contributed by atoms with van der Waals surface area (Å²) < 4.78 is 1.77. The highest BCUT2D eigenvalue weighted by atomic mass is 16.2. The second kappa shape index (κ2) is 7.99. The summed E-state index contributed by atoms with van der Waals surface area (Å²) in [6, 6.07) is 20.1. The van der Waals surface area contributed by atoms with Gasteiger partial charge < -0.3 is 16.4 Å². The monoisotopic (exact) mass is 424 g/mol. The van der Waals surface area contributed by atoms with Gasteiger partial charge >= 0.3 is 0 Å². The van der Waals surface area contributed by atoms with E-state index in [1.54, 1.807) is 53.3 Å². The summed E-state index contributed by atoms with van der Waals surface area (Å²) in [5.41, 5.74) is 9.81. The van der Waals surface area contributed by atoms with Crippen LogP contribution in [0, 0.1) is 0 Å². The molecule has 5 rings (SSSR count). The zero-order valence-corrected chi connectivity index (χ0v) is 17.1. The standard InChI is InChI=1S/C24H20N6O2/c25-22(31)20-21(29-30-14-12-15-5-1-2-6-18(15)27-23(20)30)16-8-10-17(11-9-16)24(32)28-19-7-3-4-13-26-19/h1-11,13,27H,12,14H2,(H2,25,31)(H,26,28,32). The van der Waals surface area contributed by atoms with Gasteiger partial charge in [0.1, 0.15) is 22.9 Å². The fourth-order valence-corrected chi connectivity index (χ4v) is 3.81. The molecule has 8 nitrogen and oxygen atoms in total. The Balaban J connectivity index is 1.47. The van der Waals surface area contributed by atoms with Crippen LogP contribution in [0.25, 0.3) is 11.3 Å². The number of anilines is 3. The van der Waals surface area contributed by atoms with Gasteiger partial charge in [0.05, 0.1) is 0 Å². The molecule has 0 atom stereocenters. The van der Waals surface area contributed by atoms with Crippen LogP contribution in [0.15, 0.2) is 72.9 Å². The lowest BCUT2D eigenvalue weighted by Gasteiger charge is -2.09. The molecule has 0 spiro atoms. The summed E-state index contributed by atoms with van der Waals surface area (Å²) in [5, 5.41) is 10.7. The minimum Gasteiger partial charge on any atom is -0.365 e. The number of nitrogens with one attached hydrogen (secondary N) is 2. The van der Waals surface area contributed by atoms with Crippen LogP contribution in [0.4, 0.5) is 17.3 Å². The first-order chi connectivity index (χ1) is 15.6. The predicted molar refractivity (Wildman–Crippen MR) is 122 cm³/mol. The van der Waals surface area contributed by atoms with Crippen molar-refractivity contribution in [2.24, 2.45) is 5.73 Å². The smallest absolute Gasteiger partial charge is 0.256 e. The number of amides is 2. The summed E-state index contributed by atoms with van der Waals surface area (Å²) in [4.78, 5) is 29.0. The number of hydrogen-bond donors (Lipinski definition) is 3. The summed E-state index contributed by atoms with van der Waals surface area (Å²) in [6.45, 7) is 0.615. The van der Waals surface area contributed by atoms with Crippen LogP contribution < -0.4 is 16.4 Å². The molecule has 8 heteroatoms. The highest BCUT2D eigenvalue weighted by molar-refractivity contribution is 6.06. The van der Waals surface area contributed by atoms with E-state index in [0.717, 1.165) is 17.7 Å². The molecule has 32 heavy (non-hydrogen) atoms. The van der Waals surface area contributed by atoms with Crippen molar-refractivity contribution < 1.29 is 9.59 Å². The zero-order valence-electron chi connectivity index (χ0n) is 17.1. The lowest BCUT2D eigenvalue weighted by Crippen LogP contribution is -2.14. The molecule has 3 heterocycles. The van der Waals surface area contributed by atoms with Gasteiger partial charge in [0.15, 0.2) is 0 Å². The molecule has 0 bridgehead atoms. The molecule has 2 aromatic heterocycles. The van der Waals surface area contributed by atoms with Gasteiger partial charge in [0, 0.05) is 29.6 Å². The second-order valence-corrected chi connectivity index (χ2v) is 7.44. The SMILES string of the molecule is NC(=O)c1c(-c2ccc(C(=O)Nc3ccccn3)cc2)nn2c1Nc1ccccc1CC2. The van der Waals surface area contributed by atoms with E-state index in [9.17, 15) is 9.59 Å². The Labute approximate surface area is 184 Å². The molecule has 1 aliphatic rings. The largest absolute Gasteiger partial charge is 0.365 e. The number of rotatable bonds is 4. The Kier molecular flexibility index (Phi) is 4.87. The van der Waals surface area contributed by atoms with Gasteiger partial charge in [-0.05, 0) is 42.3 Å². The average molecular weight is 424 g/mol. The Hall–Kier alpha value is -4.46. The van der Waals surface area contributed by atoms with Crippen molar-refractivity contribution in [1.29, 1.82) is 0 Å². The van der Waals surface area contributed by atoms with Crippen molar-refractivity contribution in [1.82, 2.24) is 14.8 Å². The summed E-state index contributed by atoms with van der Waals surface area (Å²) in [7, 11) is 0. The molecule has 158 valence electrons. The maximum atomic E-state index is 12.5. The fraction of sp³-hybridized carbons (Fsp3) is 0.0833. The number of aromatic nitrogens is 3. The van der Waals surface area contributed by atoms with Crippen LogP contribution in [0.1, 0.15) is 26.3 Å². The van der Waals surface area contributed by atoms with E-state index in [-0.39, 0.29) is 5.91 Å². The lowest BCUT2D eigenvalue weighted by atomic mass is 10.0. The first-order valence-electron chi connectivity index (χ1n) is 10.2. The number of carbonyl (C=O) groups excluding carboxylic acids is 2. The molecular formula is C24H20N6O2. The van der Waals surface area contributed by atoms with Crippen molar-refractivity contribution in [2.45, 2.75) is 13.0 Å². The molecule has 0 saturated heterocycles. The van der Waals surface area contributed by atoms with Crippen molar-refractivity contribution in [3.05, 3.63) is 89.6 Å². The predicted octanol–water partition coefficient (Wildman–Crippen LogP) is 3.60. The first-order valence-corrected chi connectivity index (χ1v) is 10.2. The van der Waals surface area contributed by atoms with Gasteiger partial charge in [-0.25, -0.2) is 9.67 Å². The van der Waals surface area contributed by atoms with Gasteiger partial charge in [-0.1, -0.05) is 36.4 Å². The van der Waals surface area contributed by atoms with Gasteiger partial charge in [0.2, 0.25) is 0 Å². The maximum absolute atomic E-state index is 12.5. The van der Waals surface area contributed by atoms with Crippen LogP contribution in [0.5, 0.6) is 0 Å². The number of aryl methyl sites for hydroxylation is 2. The van der Waals surface area contributed by atoms with Crippen molar-refractivity contribution in [3.63, 3.8) is 0 Å². The summed E-state index contributed by atoms with van der Waals surface area (Å²) in [5.74, 6) is 0.214. The van der Waals surface area contributed by atoms with Gasteiger partial charge in [0.25, 0.3) is 11.8 Å². The molecule has 0 saturated carbocycles. The molecule has 0 unspecified atom stereocenters. The molecule has 2 aromatic carbocycles. The molecule has 0 aliphatic carbocycles. The van der Waals surface area contributed by atoms with Crippen molar-refractivity contribution in [3.8, 4) is 11.3 Å². The number of nitrogens with zero attached hydrogens (tertiary/aromatic N) is 3. The Bertz CT molecular complexity index is 1310. The zero-order chi connectivity index (χ0) is 22.1. The van der Waals surface area contributed by atoms with Gasteiger partial charge in [-0.15, -0.1) is 0 Å². The number of pyridine rings is 1. The third kappa shape index (κ3) is 3.58. The second-order valence-electron chi connectivity index (χ2n) is 7.44. The van der Waals surface area contributed by atoms with E-state index in [2.05, 4.69) is 20.7 Å². The average Bonchev–Trinajstić information content (AvgIpc) is 3.07. The topological polar surface area (TPSA) is 115 Å². The minimum absolute atomic E-state index is 0.274. The number of para-hydroxylation sites is 1. The molecule has 4 aromatic rings. The van der Waals surface area contributed by atoms with Crippen LogP contribution >= 0.6 is 0 Å². The van der Waals surface area contributed by atoms with Crippen LogP contribution in [0.2, 0.25) is 0 Å². The van der Waals surface area contributed by atoms with E-state index in [0.29, 0.717) is 40.6 Å². The number of carbonyl (C=O) groups is 2. The van der Waals surface area contributed by atoms with Crippen molar-refractivity contribution in [2.75, 3.05) is 10.6 Å². The number of fused-ring (bicyclic) bond motifs is 2. The van der Waals surface area contributed by atoms with E-state index in [1.165, 1.54) is 0 Å². The number of nitrogens with two attached hydrogens (primary N) is 1. The van der Waals surface area contributed by atoms with Crippen molar-refractivity contribution >= 4 is 29.1 Å². The molecule has 2 amide bonds. The first kappa shape index (κ1) is 19.5. The van der Waals surface area contributed by atoms with Crippen LogP contribution in [-0.4, -0.2) is 26.6 Å². The normalized spacial score (nSPS) is 12.1. The van der Waals surface area contributed by atoms with E-state index in [1.807, 2.05) is 24.3 Å². The molecule has 0 radical (unpaired) electrons. The van der Waals surface area contributed by atoms with Crippen LogP contribution in [-0.2, 0) is 13.0 Å². The number of benzene rings is 2. The third-order valence-corrected chi connectivity index (χ3v) is 5.39. The van der Waals surface area contributed by atoms with Gasteiger partial charge in [-0.2, -0.15) is 5.10 Å². The van der Waals surface area contributed by atoms with Crippen LogP contribution in [0.3, 0.4) is 0 Å². The number of hydrogen-bond acceptors (Lipinski definition) is 5. The van der Waals surface area contributed by atoms with E-state index in [4.69, 9.17) is 5.73 Å². The molecular weight excluding hydrogens is 404 g/mol. The summed E-state index contributed by atoms with van der Waals surface area (Å²) in [6.07, 6.45) is 2.39. The minimum atomic E-state index is -0.565. The fourth-order valence-electron chi connectivity index (χ4n) is 3.81. The van der Waals surface area contributed by atoms with E-state index >= 15 is 0 Å².